The van der Waals surface area contributed by atoms with Crippen LogP contribution < -0.4 is 0 Å². The Balaban J connectivity index is 3.52. The van der Waals surface area contributed by atoms with Crippen molar-refractivity contribution in [2.45, 2.75) is 19.3 Å². The van der Waals surface area contributed by atoms with Gasteiger partial charge in [0, 0.05) is 6.42 Å². The van der Waals surface area contributed by atoms with E-state index in [9.17, 15) is 4.79 Å². The predicted octanol–water partition coefficient (Wildman–Crippen LogP) is 0.951. The van der Waals surface area contributed by atoms with Crippen LogP contribution in [-0.2, 0) is 4.79 Å². The average Bonchev–Trinajstić information content (AvgIpc) is 1.98. The second-order valence-electron chi connectivity index (χ2n) is 3.87. The maximum atomic E-state index is 10.2. The molecule has 0 spiro atoms. The van der Waals surface area contributed by atoms with Crippen LogP contribution in [0.3, 0.4) is 0 Å². The molecule has 0 aliphatic rings. The van der Waals surface area contributed by atoms with Crippen molar-refractivity contribution in [2.24, 2.45) is 0 Å². The van der Waals surface area contributed by atoms with Crippen LogP contribution in [0.4, 0.5) is 0 Å². The van der Waals surface area contributed by atoms with E-state index in [0.29, 0.717) is 6.54 Å². The van der Waals surface area contributed by atoms with Crippen molar-refractivity contribution in [2.75, 3.05) is 27.2 Å². The van der Waals surface area contributed by atoms with Gasteiger partial charge in [-0.1, -0.05) is 0 Å². The van der Waals surface area contributed by atoms with Crippen LogP contribution in [0.1, 0.15) is 19.3 Å². The maximum absolute atomic E-state index is 10.2. The van der Waals surface area contributed by atoms with Gasteiger partial charge in [-0.15, -0.1) is 6.42 Å². The fourth-order valence-corrected chi connectivity index (χ4v) is 1.14. The Morgan fingerprint density at radius 1 is 1.46 bits per heavy atom. The molecular formula is C10H18NO2+. The molecule has 0 rings (SSSR count). The number of unbranched alkanes of at least 4 members (excludes halogenated alkanes) is 1. The number of rotatable bonds is 6. The summed E-state index contributed by atoms with van der Waals surface area (Å²) in [6.45, 7) is 1.64. The number of hydrogen-bond donors (Lipinski definition) is 1. The second kappa shape index (κ2) is 5.60. The van der Waals surface area contributed by atoms with Crippen LogP contribution in [0, 0.1) is 12.3 Å². The summed E-state index contributed by atoms with van der Waals surface area (Å²) < 4.78 is 0.774. The van der Waals surface area contributed by atoms with E-state index >= 15 is 0 Å². The first-order chi connectivity index (χ1) is 5.98. The minimum Gasteiger partial charge on any atom is -0.481 e. The minimum absolute atomic E-state index is 0.260. The summed E-state index contributed by atoms with van der Waals surface area (Å²) in [5.74, 6) is 1.89. The smallest absolute Gasteiger partial charge is 0.303 e. The molecule has 0 fully saturated rings. The van der Waals surface area contributed by atoms with Gasteiger partial charge in [0.1, 0.15) is 6.54 Å². The molecule has 13 heavy (non-hydrogen) atoms. The van der Waals surface area contributed by atoms with Crippen LogP contribution in [-0.4, -0.2) is 42.7 Å². The molecule has 0 heterocycles. The van der Waals surface area contributed by atoms with Crippen molar-refractivity contribution in [3.63, 3.8) is 0 Å². The van der Waals surface area contributed by atoms with E-state index in [4.69, 9.17) is 11.5 Å². The van der Waals surface area contributed by atoms with E-state index < -0.39 is 5.97 Å². The zero-order chi connectivity index (χ0) is 10.3. The summed E-state index contributed by atoms with van der Waals surface area (Å²) in [6.07, 6.45) is 7.12. The molecule has 0 radical (unpaired) electrons. The van der Waals surface area contributed by atoms with Crippen molar-refractivity contribution in [1.29, 1.82) is 0 Å². The lowest BCUT2D eigenvalue weighted by molar-refractivity contribution is -0.883. The molecule has 0 aliphatic heterocycles. The Hall–Kier alpha value is -1.01. The van der Waals surface area contributed by atoms with Crippen molar-refractivity contribution in [1.82, 2.24) is 0 Å². The zero-order valence-electron chi connectivity index (χ0n) is 8.42. The number of nitrogens with zero attached hydrogens (tertiary/aromatic N) is 1. The first-order valence-electron chi connectivity index (χ1n) is 4.45. The third-order valence-electron chi connectivity index (χ3n) is 1.92. The molecule has 0 bridgehead atoms. The molecule has 0 aromatic heterocycles. The predicted molar refractivity (Wildman–Crippen MR) is 52.2 cm³/mol. The number of terminal acetylenes is 1. The third-order valence-corrected chi connectivity index (χ3v) is 1.92. The summed E-state index contributed by atoms with van der Waals surface area (Å²) in [5.41, 5.74) is 0. The lowest BCUT2D eigenvalue weighted by Gasteiger charge is -2.27. The largest absolute Gasteiger partial charge is 0.481 e. The number of quaternary nitrogens is 1. The summed E-state index contributed by atoms with van der Waals surface area (Å²) >= 11 is 0. The number of carbonyl (C=O) groups is 1. The molecule has 0 aromatic carbocycles. The SMILES string of the molecule is C#CC[N+](C)(C)CCCCC(=O)O. The molecule has 0 aliphatic carbocycles. The summed E-state index contributed by atoms with van der Waals surface area (Å²) in [7, 11) is 4.11. The first kappa shape index (κ1) is 12.0. The Labute approximate surface area is 79.9 Å². The van der Waals surface area contributed by atoms with Gasteiger partial charge in [0.2, 0.25) is 0 Å². The highest BCUT2D eigenvalue weighted by atomic mass is 16.4. The lowest BCUT2D eigenvalue weighted by atomic mass is 10.2. The highest BCUT2D eigenvalue weighted by Gasteiger charge is 2.12. The van der Waals surface area contributed by atoms with Gasteiger partial charge < -0.3 is 9.59 Å². The van der Waals surface area contributed by atoms with Gasteiger partial charge in [0.25, 0.3) is 0 Å². The van der Waals surface area contributed by atoms with Crippen molar-refractivity contribution < 1.29 is 14.4 Å². The fraction of sp³-hybridized carbons (Fsp3) is 0.700. The molecular weight excluding hydrogens is 166 g/mol. The van der Waals surface area contributed by atoms with E-state index in [2.05, 4.69) is 20.0 Å². The molecule has 0 atom stereocenters. The topological polar surface area (TPSA) is 37.3 Å². The van der Waals surface area contributed by atoms with Gasteiger partial charge in [0.05, 0.1) is 20.6 Å². The van der Waals surface area contributed by atoms with Gasteiger partial charge in [-0.05, 0) is 18.8 Å². The Morgan fingerprint density at radius 3 is 2.54 bits per heavy atom. The van der Waals surface area contributed by atoms with Crippen molar-refractivity contribution >= 4 is 5.97 Å². The van der Waals surface area contributed by atoms with Crippen LogP contribution in [0.5, 0.6) is 0 Å². The van der Waals surface area contributed by atoms with Crippen LogP contribution in [0.2, 0.25) is 0 Å². The van der Waals surface area contributed by atoms with E-state index in [1.807, 2.05) is 0 Å². The zero-order valence-corrected chi connectivity index (χ0v) is 8.42. The Bertz CT molecular complexity index is 203. The summed E-state index contributed by atoms with van der Waals surface area (Å²) in [4.78, 5) is 10.2. The van der Waals surface area contributed by atoms with Crippen molar-refractivity contribution in [3.8, 4) is 12.3 Å². The van der Waals surface area contributed by atoms with E-state index in [1.54, 1.807) is 0 Å². The highest BCUT2D eigenvalue weighted by Crippen LogP contribution is 2.02. The molecule has 3 heteroatoms. The Morgan fingerprint density at radius 2 is 2.08 bits per heavy atom. The van der Waals surface area contributed by atoms with Crippen LogP contribution in [0.25, 0.3) is 0 Å². The number of hydrogen-bond acceptors (Lipinski definition) is 1. The average molecular weight is 184 g/mol. The molecule has 3 nitrogen and oxygen atoms in total. The number of carboxylic acid groups (broad SMARTS) is 1. The number of carboxylic acids is 1. The monoisotopic (exact) mass is 184 g/mol. The molecule has 0 saturated heterocycles. The molecule has 0 unspecified atom stereocenters. The maximum Gasteiger partial charge on any atom is 0.303 e. The molecule has 0 aromatic rings. The highest BCUT2D eigenvalue weighted by molar-refractivity contribution is 5.66. The fourth-order valence-electron chi connectivity index (χ4n) is 1.14. The van der Waals surface area contributed by atoms with Crippen molar-refractivity contribution in [3.05, 3.63) is 0 Å². The van der Waals surface area contributed by atoms with Crippen LogP contribution >= 0.6 is 0 Å². The van der Waals surface area contributed by atoms with Gasteiger partial charge in [-0.3, -0.25) is 4.79 Å². The quantitative estimate of drug-likeness (QED) is 0.379. The lowest BCUT2D eigenvalue weighted by Crippen LogP contribution is -2.40. The van der Waals surface area contributed by atoms with Gasteiger partial charge >= 0.3 is 5.97 Å². The van der Waals surface area contributed by atoms with Gasteiger partial charge in [-0.25, -0.2) is 0 Å². The summed E-state index contributed by atoms with van der Waals surface area (Å²) in [5, 5.41) is 8.41. The number of aliphatic carboxylic acids is 1. The first-order valence-corrected chi connectivity index (χ1v) is 4.45. The Kier molecular flexibility index (Phi) is 5.17. The van der Waals surface area contributed by atoms with E-state index in [0.717, 1.165) is 23.9 Å². The third kappa shape index (κ3) is 7.35. The summed E-state index contributed by atoms with van der Waals surface area (Å²) in [6, 6.07) is 0. The van der Waals surface area contributed by atoms with Crippen LogP contribution in [0.15, 0.2) is 0 Å². The minimum atomic E-state index is -0.720. The van der Waals surface area contributed by atoms with E-state index in [1.165, 1.54) is 0 Å². The van der Waals surface area contributed by atoms with Gasteiger partial charge in [-0.2, -0.15) is 0 Å². The molecule has 0 saturated carbocycles. The molecule has 74 valence electrons. The second-order valence-corrected chi connectivity index (χ2v) is 3.87. The molecule has 1 N–H and O–H groups in total. The van der Waals surface area contributed by atoms with Gasteiger partial charge in [0.15, 0.2) is 0 Å². The van der Waals surface area contributed by atoms with E-state index in [-0.39, 0.29) is 6.42 Å². The standard InChI is InChI=1S/C10H17NO2/c1-4-8-11(2,3)9-6-5-7-10(12)13/h1H,5-9H2,2-3H3/p+1. The normalized spacial score (nSPS) is 10.8. The molecule has 0 amide bonds.